The van der Waals surface area contributed by atoms with Gasteiger partial charge in [-0.25, -0.2) is 0 Å². The number of rotatable bonds is 0. The fourth-order valence-corrected chi connectivity index (χ4v) is 2.28. The van der Waals surface area contributed by atoms with Gasteiger partial charge in [0.2, 0.25) is 0 Å². The molecule has 4 atom stereocenters. The lowest BCUT2D eigenvalue weighted by atomic mass is 9.95. The summed E-state index contributed by atoms with van der Waals surface area (Å²) in [6.07, 6.45) is 5.65. The van der Waals surface area contributed by atoms with E-state index in [0.717, 1.165) is 38.5 Å². The normalized spacial score (nSPS) is 39.8. The third-order valence-electron chi connectivity index (χ3n) is 3.24. The van der Waals surface area contributed by atoms with Crippen LogP contribution in [-0.4, -0.2) is 44.8 Å². The van der Waals surface area contributed by atoms with Crippen LogP contribution in [-0.2, 0) is 0 Å². The van der Waals surface area contributed by atoms with E-state index in [1.807, 2.05) is 0 Å². The monoisotopic (exact) mass is 232 g/mol. The summed E-state index contributed by atoms with van der Waals surface area (Å²) >= 11 is 0. The lowest BCUT2D eigenvalue weighted by Crippen LogP contribution is -2.22. The quantitative estimate of drug-likeness (QED) is 0.492. The standard InChI is InChI=1S/2C6H12O2/c2*7-5-2-1-3-6(8)4-5/h2*5-8H,1-4H2. The predicted octanol–water partition coefficient (Wildman–Crippen LogP) is 0.564. The minimum Gasteiger partial charge on any atom is -0.393 e. The zero-order valence-corrected chi connectivity index (χ0v) is 9.76. The van der Waals surface area contributed by atoms with Crippen LogP contribution in [0, 0.1) is 0 Å². The van der Waals surface area contributed by atoms with E-state index in [-0.39, 0.29) is 24.4 Å². The molecule has 2 aliphatic carbocycles. The van der Waals surface area contributed by atoms with Gasteiger partial charge in [0.05, 0.1) is 24.4 Å². The maximum Gasteiger partial charge on any atom is 0.0564 e. The van der Waals surface area contributed by atoms with Crippen molar-refractivity contribution in [2.24, 2.45) is 0 Å². The molecule has 4 heteroatoms. The average Bonchev–Trinajstić information content (AvgIpc) is 2.17. The van der Waals surface area contributed by atoms with Crippen molar-refractivity contribution < 1.29 is 20.4 Å². The molecule has 0 amide bonds. The summed E-state index contributed by atoms with van der Waals surface area (Å²) in [5.74, 6) is 0. The molecule has 4 N–H and O–H groups in total. The lowest BCUT2D eigenvalue weighted by Gasteiger charge is -2.20. The smallest absolute Gasteiger partial charge is 0.0564 e. The van der Waals surface area contributed by atoms with Gasteiger partial charge in [0.15, 0.2) is 0 Å². The first-order chi connectivity index (χ1) is 7.58. The van der Waals surface area contributed by atoms with E-state index in [1.165, 1.54) is 0 Å². The van der Waals surface area contributed by atoms with Gasteiger partial charge < -0.3 is 20.4 Å². The molecule has 0 radical (unpaired) electrons. The molecule has 0 aliphatic heterocycles. The van der Waals surface area contributed by atoms with E-state index in [4.69, 9.17) is 20.4 Å². The largest absolute Gasteiger partial charge is 0.393 e. The molecular formula is C12H24O4. The number of aliphatic hydroxyl groups excluding tert-OH is 4. The van der Waals surface area contributed by atoms with Crippen molar-refractivity contribution in [3.8, 4) is 0 Å². The minimum absolute atomic E-state index is 0.237. The summed E-state index contributed by atoms with van der Waals surface area (Å²) in [5.41, 5.74) is 0. The highest BCUT2D eigenvalue weighted by atomic mass is 16.3. The second-order valence-corrected chi connectivity index (χ2v) is 4.95. The van der Waals surface area contributed by atoms with E-state index in [1.54, 1.807) is 0 Å². The van der Waals surface area contributed by atoms with Crippen LogP contribution < -0.4 is 0 Å². The average molecular weight is 232 g/mol. The van der Waals surface area contributed by atoms with Crippen molar-refractivity contribution in [1.29, 1.82) is 0 Å². The fourth-order valence-electron chi connectivity index (χ4n) is 2.28. The van der Waals surface area contributed by atoms with E-state index >= 15 is 0 Å². The van der Waals surface area contributed by atoms with Crippen molar-refractivity contribution in [2.45, 2.75) is 75.8 Å². The Labute approximate surface area is 96.9 Å². The molecule has 0 aromatic carbocycles. The summed E-state index contributed by atoms with van der Waals surface area (Å²) in [4.78, 5) is 0. The third-order valence-corrected chi connectivity index (χ3v) is 3.24. The van der Waals surface area contributed by atoms with Crippen molar-refractivity contribution >= 4 is 0 Å². The molecule has 2 saturated carbocycles. The fraction of sp³-hybridized carbons (Fsp3) is 1.00. The SMILES string of the molecule is OC1CCCC(O)C1.OC1CCCC(O)C1. The Morgan fingerprint density at radius 1 is 0.500 bits per heavy atom. The van der Waals surface area contributed by atoms with E-state index in [0.29, 0.717) is 12.8 Å². The number of aliphatic hydroxyl groups is 4. The summed E-state index contributed by atoms with van der Waals surface area (Å²) in [7, 11) is 0. The zero-order valence-electron chi connectivity index (χ0n) is 9.76. The lowest BCUT2D eigenvalue weighted by molar-refractivity contribution is 0.0400. The topological polar surface area (TPSA) is 80.9 Å². The van der Waals surface area contributed by atoms with Gasteiger partial charge in [-0.1, -0.05) is 0 Å². The van der Waals surface area contributed by atoms with Crippen LogP contribution in [0.3, 0.4) is 0 Å². The molecule has 0 saturated heterocycles. The molecule has 0 spiro atoms. The van der Waals surface area contributed by atoms with Crippen LogP contribution in [0.15, 0.2) is 0 Å². The van der Waals surface area contributed by atoms with E-state index in [9.17, 15) is 0 Å². The van der Waals surface area contributed by atoms with E-state index < -0.39 is 0 Å². The van der Waals surface area contributed by atoms with Crippen molar-refractivity contribution in [2.75, 3.05) is 0 Å². The second-order valence-electron chi connectivity index (χ2n) is 4.95. The molecule has 2 rings (SSSR count). The molecule has 0 bridgehead atoms. The van der Waals surface area contributed by atoms with Gasteiger partial charge in [0.1, 0.15) is 0 Å². The molecule has 96 valence electrons. The van der Waals surface area contributed by atoms with Gasteiger partial charge in [-0.2, -0.15) is 0 Å². The zero-order chi connectivity index (χ0) is 12.0. The van der Waals surface area contributed by atoms with E-state index in [2.05, 4.69) is 0 Å². The molecule has 2 fully saturated rings. The number of hydrogen-bond acceptors (Lipinski definition) is 4. The van der Waals surface area contributed by atoms with Crippen LogP contribution in [0.5, 0.6) is 0 Å². The van der Waals surface area contributed by atoms with Crippen LogP contribution >= 0.6 is 0 Å². The van der Waals surface area contributed by atoms with Gasteiger partial charge >= 0.3 is 0 Å². The molecular weight excluding hydrogens is 208 g/mol. The maximum absolute atomic E-state index is 8.92. The molecule has 16 heavy (non-hydrogen) atoms. The van der Waals surface area contributed by atoms with Gasteiger partial charge in [-0.05, 0) is 51.4 Å². The summed E-state index contributed by atoms with van der Waals surface area (Å²) in [6, 6.07) is 0. The van der Waals surface area contributed by atoms with Crippen LogP contribution in [0.25, 0.3) is 0 Å². The van der Waals surface area contributed by atoms with Gasteiger partial charge in [0.25, 0.3) is 0 Å². The Morgan fingerprint density at radius 2 is 0.750 bits per heavy atom. The summed E-state index contributed by atoms with van der Waals surface area (Å²) in [6.45, 7) is 0. The second kappa shape index (κ2) is 7.22. The Hall–Kier alpha value is -0.160. The van der Waals surface area contributed by atoms with Crippen LogP contribution in [0.4, 0.5) is 0 Å². The highest BCUT2D eigenvalue weighted by Crippen LogP contribution is 2.18. The Balaban J connectivity index is 0.000000160. The molecule has 4 nitrogen and oxygen atoms in total. The van der Waals surface area contributed by atoms with Gasteiger partial charge in [0, 0.05) is 0 Å². The third kappa shape index (κ3) is 5.80. The number of hydrogen-bond donors (Lipinski definition) is 4. The van der Waals surface area contributed by atoms with Crippen molar-refractivity contribution in [3.05, 3.63) is 0 Å². The molecule has 0 heterocycles. The first-order valence-electron chi connectivity index (χ1n) is 6.30. The highest BCUT2D eigenvalue weighted by molar-refractivity contribution is 4.70. The predicted molar refractivity (Wildman–Crippen MR) is 61.0 cm³/mol. The Bertz CT molecular complexity index is 150. The summed E-state index contributed by atoms with van der Waals surface area (Å²) in [5, 5.41) is 35.7. The molecule has 2 aliphatic rings. The first-order valence-corrected chi connectivity index (χ1v) is 6.30. The Morgan fingerprint density at radius 3 is 0.875 bits per heavy atom. The molecule has 4 unspecified atom stereocenters. The van der Waals surface area contributed by atoms with Crippen LogP contribution in [0.1, 0.15) is 51.4 Å². The summed E-state index contributed by atoms with van der Waals surface area (Å²) < 4.78 is 0. The maximum atomic E-state index is 8.92. The molecule has 0 aromatic rings. The Kier molecular flexibility index (Phi) is 6.28. The van der Waals surface area contributed by atoms with Crippen molar-refractivity contribution in [3.63, 3.8) is 0 Å². The molecule has 0 aromatic heterocycles. The highest BCUT2D eigenvalue weighted by Gasteiger charge is 2.17. The van der Waals surface area contributed by atoms with Gasteiger partial charge in [-0.3, -0.25) is 0 Å². The first kappa shape index (κ1) is 13.9. The van der Waals surface area contributed by atoms with Crippen LogP contribution in [0.2, 0.25) is 0 Å². The van der Waals surface area contributed by atoms with Gasteiger partial charge in [-0.15, -0.1) is 0 Å². The minimum atomic E-state index is -0.237. The van der Waals surface area contributed by atoms with Crippen molar-refractivity contribution in [1.82, 2.24) is 0 Å².